The summed E-state index contributed by atoms with van der Waals surface area (Å²) in [7, 11) is -1.34. The van der Waals surface area contributed by atoms with E-state index in [1.54, 1.807) is 0 Å². The van der Waals surface area contributed by atoms with Crippen molar-refractivity contribution in [1.29, 1.82) is 0 Å². The van der Waals surface area contributed by atoms with Gasteiger partial charge in [-0.15, -0.1) is 5.69 Å². The average molecular weight is 199 g/mol. The Labute approximate surface area is 101 Å². The summed E-state index contributed by atoms with van der Waals surface area (Å²) >= 11 is 0. The van der Waals surface area contributed by atoms with Crippen molar-refractivity contribution in [3.8, 4) is 0 Å². The first-order valence-corrected chi connectivity index (χ1v) is 8.14. The molecule has 0 amide bonds. The Bertz CT molecular complexity index is 284. The standard InChI is InChI=1S/C11H18NSi.Li/c1-9-7-6-8-10(2)11(9)12-13(3,4)5;/h6-8H,1-5H3;/q-1;+1. The zero-order valence-corrected chi connectivity index (χ0v) is 11.2. The van der Waals surface area contributed by atoms with Crippen molar-refractivity contribution in [3.63, 3.8) is 0 Å². The van der Waals surface area contributed by atoms with Crippen molar-refractivity contribution in [1.82, 2.24) is 0 Å². The fourth-order valence-electron chi connectivity index (χ4n) is 1.32. The predicted molar refractivity (Wildman–Crippen MR) is 62.3 cm³/mol. The van der Waals surface area contributed by atoms with Gasteiger partial charge in [-0.1, -0.05) is 49.0 Å². The van der Waals surface area contributed by atoms with Crippen molar-refractivity contribution in [3.05, 3.63) is 34.3 Å². The molecule has 72 valence electrons. The van der Waals surface area contributed by atoms with E-state index >= 15 is 0 Å². The van der Waals surface area contributed by atoms with Gasteiger partial charge in [-0.3, -0.25) is 0 Å². The Morgan fingerprint density at radius 1 is 1.00 bits per heavy atom. The normalized spacial score (nSPS) is 10.6. The molecule has 0 atom stereocenters. The van der Waals surface area contributed by atoms with Crippen LogP contribution in [0.25, 0.3) is 4.98 Å². The molecule has 3 heteroatoms. The topological polar surface area (TPSA) is 14.1 Å². The molecular formula is C11H18LiNSi. The molecular weight excluding hydrogens is 181 g/mol. The molecule has 1 nitrogen and oxygen atoms in total. The molecule has 0 aliphatic rings. The summed E-state index contributed by atoms with van der Waals surface area (Å²) in [5, 5.41) is 0. The van der Waals surface area contributed by atoms with E-state index in [0.29, 0.717) is 0 Å². The predicted octanol–water partition coefficient (Wildman–Crippen LogP) is 1.15. The Morgan fingerprint density at radius 3 is 1.79 bits per heavy atom. The Morgan fingerprint density at radius 2 is 1.43 bits per heavy atom. The van der Waals surface area contributed by atoms with Crippen LogP contribution in [0.2, 0.25) is 19.6 Å². The van der Waals surface area contributed by atoms with Gasteiger partial charge in [-0.25, -0.2) is 0 Å². The molecule has 0 N–H and O–H groups in total. The molecule has 0 saturated heterocycles. The van der Waals surface area contributed by atoms with Gasteiger partial charge in [0.1, 0.15) is 0 Å². The van der Waals surface area contributed by atoms with Gasteiger partial charge in [0.05, 0.1) is 0 Å². The van der Waals surface area contributed by atoms with E-state index in [0.717, 1.165) is 0 Å². The quantitative estimate of drug-likeness (QED) is 0.634. The molecule has 0 aromatic heterocycles. The van der Waals surface area contributed by atoms with Gasteiger partial charge in [0.15, 0.2) is 0 Å². The van der Waals surface area contributed by atoms with E-state index in [-0.39, 0.29) is 18.9 Å². The van der Waals surface area contributed by atoms with E-state index in [1.807, 2.05) is 0 Å². The maximum atomic E-state index is 4.83. The van der Waals surface area contributed by atoms with E-state index in [2.05, 4.69) is 51.7 Å². The number of nitrogens with zero attached hydrogens (tertiary/aromatic N) is 1. The zero-order valence-electron chi connectivity index (χ0n) is 10.2. The van der Waals surface area contributed by atoms with E-state index < -0.39 is 8.24 Å². The summed E-state index contributed by atoms with van der Waals surface area (Å²) in [5.74, 6) is 0. The fraction of sp³-hybridized carbons (Fsp3) is 0.455. The summed E-state index contributed by atoms with van der Waals surface area (Å²) in [6.07, 6.45) is 0. The summed E-state index contributed by atoms with van der Waals surface area (Å²) in [6.45, 7) is 11.1. The summed E-state index contributed by atoms with van der Waals surface area (Å²) in [6, 6.07) is 6.35. The van der Waals surface area contributed by atoms with Gasteiger partial charge in [0.2, 0.25) is 0 Å². The first kappa shape index (κ1) is 13.8. The van der Waals surface area contributed by atoms with Gasteiger partial charge in [0.25, 0.3) is 0 Å². The molecule has 0 saturated carbocycles. The Kier molecular flexibility index (Phi) is 5.01. The Balaban J connectivity index is 0.00000169. The van der Waals surface area contributed by atoms with Crippen molar-refractivity contribution in [2.75, 3.05) is 0 Å². The van der Waals surface area contributed by atoms with Crippen LogP contribution in [0.15, 0.2) is 18.2 Å². The third-order valence-electron chi connectivity index (χ3n) is 1.89. The number of rotatable bonds is 2. The van der Waals surface area contributed by atoms with Crippen molar-refractivity contribution < 1.29 is 18.9 Å². The molecule has 0 radical (unpaired) electrons. The molecule has 0 fully saturated rings. The first-order chi connectivity index (χ1) is 5.90. The van der Waals surface area contributed by atoms with Crippen LogP contribution in [0.1, 0.15) is 11.1 Å². The van der Waals surface area contributed by atoms with Crippen LogP contribution in [0, 0.1) is 13.8 Å². The summed E-state index contributed by atoms with van der Waals surface area (Å²) in [5.41, 5.74) is 3.80. The van der Waals surface area contributed by atoms with Crippen LogP contribution < -0.4 is 18.9 Å². The number of benzene rings is 1. The molecule has 0 aliphatic heterocycles. The monoisotopic (exact) mass is 199 g/mol. The third kappa shape index (κ3) is 3.92. The largest absolute Gasteiger partial charge is 1.00 e. The second-order valence-electron chi connectivity index (χ2n) is 4.52. The van der Waals surface area contributed by atoms with Gasteiger partial charge >= 0.3 is 18.9 Å². The van der Waals surface area contributed by atoms with Gasteiger partial charge in [-0.2, -0.15) is 0 Å². The van der Waals surface area contributed by atoms with Gasteiger partial charge in [-0.05, 0) is 22.1 Å². The molecule has 0 aliphatic carbocycles. The minimum atomic E-state index is -1.34. The van der Waals surface area contributed by atoms with Crippen LogP contribution in [0.4, 0.5) is 5.69 Å². The molecule has 0 spiro atoms. The second kappa shape index (κ2) is 5.07. The Hall–Kier alpha value is -0.166. The smallest absolute Gasteiger partial charge is 0.687 e. The molecule has 1 aromatic carbocycles. The van der Waals surface area contributed by atoms with Crippen molar-refractivity contribution in [2.45, 2.75) is 33.5 Å². The van der Waals surface area contributed by atoms with Crippen LogP contribution >= 0.6 is 0 Å². The molecule has 1 aromatic rings. The second-order valence-corrected chi connectivity index (χ2v) is 9.09. The average Bonchev–Trinajstić information content (AvgIpc) is 1.95. The van der Waals surface area contributed by atoms with Crippen molar-refractivity contribution >= 4 is 13.9 Å². The van der Waals surface area contributed by atoms with Crippen LogP contribution in [-0.4, -0.2) is 8.24 Å². The van der Waals surface area contributed by atoms with E-state index in [9.17, 15) is 0 Å². The number of aryl methyl sites for hydroxylation is 2. The van der Waals surface area contributed by atoms with Crippen LogP contribution in [0.3, 0.4) is 0 Å². The maximum Gasteiger partial charge on any atom is 1.00 e. The molecule has 1 rings (SSSR count). The van der Waals surface area contributed by atoms with Crippen molar-refractivity contribution in [2.24, 2.45) is 0 Å². The fourth-order valence-corrected chi connectivity index (χ4v) is 2.34. The minimum Gasteiger partial charge on any atom is -0.687 e. The summed E-state index contributed by atoms with van der Waals surface area (Å²) in [4.78, 5) is 4.83. The molecule has 0 heterocycles. The molecule has 14 heavy (non-hydrogen) atoms. The SMILES string of the molecule is Cc1cccc(C)c1[N-][Si](C)(C)C.[Li+]. The van der Waals surface area contributed by atoms with E-state index in [1.165, 1.54) is 16.8 Å². The van der Waals surface area contributed by atoms with Crippen LogP contribution in [0.5, 0.6) is 0 Å². The first-order valence-electron chi connectivity index (χ1n) is 4.69. The van der Waals surface area contributed by atoms with Gasteiger partial charge < -0.3 is 4.98 Å². The third-order valence-corrected chi connectivity index (χ3v) is 2.78. The van der Waals surface area contributed by atoms with E-state index in [4.69, 9.17) is 4.98 Å². The maximum absolute atomic E-state index is 4.83. The van der Waals surface area contributed by atoms with Gasteiger partial charge in [0, 0.05) is 0 Å². The molecule has 0 bridgehead atoms. The number of hydrogen-bond acceptors (Lipinski definition) is 0. The molecule has 0 unspecified atom stereocenters. The van der Waals surface area contributed by atoms with Crippen LogP contribution in [-0.2, 0) is 0 Å². The minimum absolute atomic E-state index is 0. The number of hydrogen-bond donors (Lipinski definition) is 0. The summed E-state index contributed by atoms with van der Waals surface area (Å²) < 4.78 is 0. The zero-order chi connectivity index (χ0) is 10.1.